The van der Waals surface area contributed by atoms with Crippen molar-refractivity contribution in [2.75, 3.05) is 13.1 Å². The van der Waals surface area contributed by atoms with E-state index in [1.165, 1.54) is 4.90 Å². The smallest absolute Gasteiger partial charge is 0.339 e. The van der Waals surface area contributed by atoms with Crippen molar-refractivity contribution in [2.24, 2.45) is 5.92 Å². The Labute approximate surface area is 171 Å². The van der Waals surface area contributed by atoms with E-state index in [-0.39, 0.29) is 23.3 Å². The van der Waals surface area contributed by atoms with E-state index < -0.39 is 17.6 Å². The van der Waals surface area contributed by atoms with E-state index in [1.54, 1.807) is 30.3 Å². The molecule has 0 atom stereocenters. The Balaban J connectivity index is 1.48. The number of hydrazine groups is 1. The van der Waals surface area contributed by atoms with Crippen LogP contribution in [0.25, 0.3) is 0 Å². The van der Waals surface area contributed by atoms with Gasteiger partial charge in [-0.3, -0.25) is 25.2 Å². The van der Waals surface area contributed by atoms with Gasteiger partial charge in [-0.05, 0) is 49.2 Å². The zero-order chi connectivity index (χ0) is 21.7. The number of halogens is 3. The van der Waals surface area contributed by atoms with Crippen molar-refractivity contribution in [3.05, 3.63) is 71.3 Å². The second-order valence-corrected chi connectivity index (χ2v) is 6.95. The highest BCUT2D eigenvalue weighted by Gasteiger charge is 2.31. The molecule has 6 nitrogen and oxygen atoms in total. The molecule has 2 aromatic carbocycles. The predicted octanol–water partition coefficient (Wildman–Crippen LogP) is 3.02. The van der Waals surface area contributed by atoms with Crippen molar-refractivity contribution in [3.63, 3.8) is 0 Å². The molecular weight excluding hydrogens is 399 g/mol. The first-order valence-electron chi connectivity index (χ1n) is 9.37. The molecule has 30 heavy (non-hydrogen) atoms. The fourth-order valence-corrected chi connectivity index (χ4v) is 3.21. The summed E-state index contributed by atoms with van der Waals surface area (Å²) >= 11 is 0. The van der Waals surface area contributed by atoms with Crippen molar-refractivity contribution < 1.29 is 27.6 Å². The van der Waals surface area contributed by atoms with Crippen molar-refractivity contribution in [1.29, 1.82) is 0 Å². The molecule has 3 rings (SSSR count). The van der Waals surface area contributed by atoms with E-state index in [0.717, 1.165) is 24.3 Å². The molecule has 0 radical (unpaired) electrons. The quantitative estimate of drug-likeness (QED) is 0.751. The maximum absolute atomic E-state index is 12.6. The van der Waals surface area contributed by atoms with E-state index in [2.05, 4.69) is 10.9 Å². The third-order valence-electron chi connectivity index (χ3n) is 4.95. The van der Waals surface area contributed by atoms with Crippen LogP contribution in [0.15, 0.2) is 54.6 Å². The van der Waals surface area contributed by atoms with Crippen molar-refractivity contribution >= 4 is 17.7 Å². The molecule has 1 heterocycles. The first kappa shape index (κ1) is 21.4. The predicted molar refractivity (Wildman–Crippen MR) is 102 cm³/mol. The van der Waals surface area contributed by atoms with E-state index in [1.807, 2.05) is 0 Å². The molecule has 2 aromatic rings. The number of rotatable bonds is 3. The van der Waals surface area contributed by atoms with Crippen LogP contribution in [-0.2, 0) is 11.0 Å². The molecule has 1 aliphatic heterocycles. The molecule has 158 valence electrons. The Morgan fingerprint density at radius 3 is 2.00 bits per heavy atom. The van der Waals surface area contributed by atoms with Gasteiger partial charge in [-0.1, -0.05) is 18.2 Å². The zero-order valence-electron chi connectivity index (χ0n) is 15.9. The Morgan fingerprint density at radius 2 is 1.43 bits per heavy atom. The molecule has 0 aliphatic carbocycles. The third-order valence-corrected chi connectivity index (χ3v) is 4.95. The maximum Gasteiger partial charge on any atom is 0.416 e. The molecule has 1 fully saturated rings. The minimum absolute atomic E-state index is 0.168. The number of likely N-dealkylation sites (tertiary alicyclic amines) is 1. The van der Waals surface area contributed by atoms with Crippen LogP contribution in [0.5, 0.6) is 0 Å². The number of hydrogen-bond acceptors (Lipinski definition) is 3. The topological polar surface area (TPSA) is 78.5 Å². The maximum atomic E-state index is 12.6. The lowest BCUT2D eigenvalue weighted by Gasteiger charge is -2.31. The number of alkyl halides is 3. The highest BCUT2D eigenvalue weighted by atomic mass is 19.4. The van der Waals surface area contributed by atoms with Crippen LogP contribution >= 0.6 is 0 Å². The van der Waals surface area contributed by atoms with E-state index in [4.69, 9.17) is 0 Å². The zero-order valence-corrected chi connectivity index (χ0v) is 15.9. The second kappa shape index (κ2) is 8.98. The summed E-state index contributed by atoms with van der Waals surface area (Å²) in [4.78, 5) is 38.2. The van der Waals surface area contributed by atoms with Gasteiger partial charge in [0.05, 0.1) is 5.56 Å². The normalized spacial score (nSPS) is 14.8. The Morgan fingerprint density at radius 1 is 0.833 bits per heavy atom. The summed E-state index contributed by atoms with van der Waals surface area (Å²) in [6, 6.07) is 12.5. The summed E-state index contributed by atoms with van der Waals surface area (Å²) in [5, 5.41) is 0. The fourth-order valence-electron chi connectivity index (χ4n) is 3.21. The van der Waals surface area contributed by atoms with Gasteiger partial charge in [0, 0.05) is 30.1 Å². The highest BCUT2D eigenvalue weighted by Crippen LogP contribution is 2.29. The van der Waals surface area contributed by atoms with Crippen LogP contribution in [0.2, 0.25) is 0 Å². The summed E-state index contributed by atoms with van der Waals surface area (Å²) in [6.07, 6.45) is -3.68. The largest absolute Gasteiger partial charge is 0.416 e. The van der Waals surface area contributed by atoms with Gasteiger partial charge in [0.2, 0.25) is 5.91 Å². The van der Waals surface area contributed by atoms with Crippen molar-refractivity contribution in [2.45, 2.75) is 19.0 Å². The number of piperidine rings is 1. The van der Waals surface area contributed by atoms with Gasteiger partial charge in [-0.2, -0.15) is 13.2 Å². The lowest BCUT2D eigenvalue weighted by Crippen LogP contribution is -2.48. The second-order valence-electron chi connectivity index (χ2n) is 6.95. The van der Waals surface area contributed by atoms with Gasteiger partial charge >= 0.3 is 6.18 Å². The molecular formula is C21H20F3N3O3. The average Bonchev–Trinajstić information content (AvgIpc) is 2.77. The van der Waals surface area contributed by atoms with Gasteiger partial charge in [0.15, 0.2) is 0 Å². The molecule has 1 aliphatic rings. The number of nitrogens with one attached hydrogen (secondary N) is 2. The molecule has 3 amide bonds. The number of nitrogens with zero attached hydrogens (tertiary/aromatic N) is 1. The molecule has 2 N–H and O–H groups in total. The standard InChI is InChI=1S/C21H20F3N3O3/c22-21(23,24)17-8-6-16(7-9-17)20(30)27-12-10-15(11-13-27)19(29)26-25-18(28)14-4-2-1-3-5-14/h1-9,15H,10-13H2,(H,25,28)(H,26,29). The first-order valence-corrected chi connectivity index (χ1v) is 9.37. The third kappa shape index (κ3) is 5.16. The van der Waals surface area contributed by atoms with Gasteiger partial charge in [0.1, 0.15) is 0 Å². The molecule has 0 aromatic heterocycles. The molecule has 0 bridgehead atoms. The van der Waals surface area contributed by atoms with E-state index >= 15 is 0 Å². The van der Waals surface area contributed by atoms with Gasteiger partial charge in [0.25, 0.3) is 11.8 Å². The van der Waals surface area contributed by atoms with Gasteiger partial charge < -0.3 is 4.90 Å². The van der Waals surface area contributed by atoms with Gasteiger partial charge in [-0.15, -0.1) is 0 Å². The van der Waals surface area contributed by atoms with Crippen molar-refractivity contribution in [3.8, 4) is 0 Å². The Hall–Kier alpha value is -3.36. The van der Waals surface area contributed by atoms with Crippen LogP contribution in [0.1, 0.15) is 39.1 Å². The molecule has 1 saturated heterocycles. The average molecular weight is 419 g/mol. The number of carbonyl (C=O) groups excluding carboxylic acids is 3. The summed E-state index contributed by atoms with van der Waals surface area (Å²) in [7, 11) is 0. The van der Waals surface area contributed by atoms with Crippen molar-refractivity contribution in [1.82, 2.24) is 15.8 Å². The van der Waals surface area contributed by atoms with Crippen LogP contribution in [0.3, 0.4) is 0 Å². The highest BCUT2D eigenvalue weighted by molar-refractivity contribution is 5.96. The number of amides is 3. The Bertz CT molecular complexity index is 907. The number of benzene rings is 2. The summed E-state index contributed by atoms with van der Waals surface area (Å²) < 4.78 is 37.9. The lowest BCUT2D eigenvalue weighted by atomic mass is 9.95. The van der Waals surface area contributed by atoms with E-state index in [9.17, 15) is 27.6 Å². The lowest BCUT2D eigenvalue weighted by molar-refractivity contribution is -0.137. The molecule has 9 heteroatoms. The molecule has 0 unspecified atom stereocenters. The first-order chi connectivity index (χ1) is 14.3. The minimum atomic E-state index is -4.46. The van der Waals surface area contributed by atoms with Crippen LogP contribution in [0, 0.1) is 5.92 Å². The monoisotopic (exact) mass is 419 g/mol. The van der Waals surface area contributed by atoms with Gasteiger partial charge in [-0.25, -0.2) is 0 Å². The Kier molecular flexibility index (Phi) is 6.39. The number of hydrogen-bond donors (Lipinski definition) is 2. The summed E-state index contributed by atoms with van der Waals surface area (Å²) in [6.45, 7) is 0.592. The van der Waals surface area contributed by atoms with E-state index in [0.29, 0.717) is 31.5 Å². The molecule has 0 spiro atoms. The summed E-state index contributed by atoms with van der Waals surface area (Å²) in [5.74, 6) is -1.53. The van der Waals surface area contributed by atoms with Crippen LogP contribution in [0.4, 0.5) is 13.2 Å². The summed E-state index contributed by atoms with van der Waals surface area (Å²) in [5.41, 5.74) is 4.53. The fraction of sp³-hybridized carbons (Fsp3) is 0.286. The molecule has 0 saturated carbocycles. The minimum Gasteiger partial charge on any atom is -0.339 e. The number of carbonyl (C=O) groups is 3. The van der Waals surface area contributed by atoms with Crippen LogP contribution < -0.4 is 10.9 Å². The SMILES string of the molecule is O=C(NNC(=O)C1CCN(C(=O)c2ccc(C(F)(F)F)cc2)CC1)c1ccccc1. The van der Waals surface area contributed by atoms with Crippen LogP contribution in [-0.4, -0.2) is 35.7 Å².